The Hall–Kier alpha value is -2.96. The number of carbonyl (C=O) groups excluding carboxylic acids is 2. The fraction of sp³-hybridized carbons (Fsp3) is 0. The van der Waals surface area contributed by atoms with Crippen molar-refractivity contribution in [1.29, 1.82) is 0 Å². The number of carbonyl (C=O) groups is 2. The highest BCUT2D eigenvalue weighted by Gasteiger charge is 2.34. The number of ketones is 1. The molecule has 0 unspecified atom stereocenters. The van der Waals surface area contributed by atoms with Gasteiger partial charge in [0.1, 0.15) is 0 Å². The number of sulfone groups is 1. The van der Waals surface area contributed by atoms with Gasteiger partial charge in [-0.15, -0.1) is 0 Å². The zero-order chi connectivity index (χ0) is 19.2. The molecule has 0 atom stereocenters. The highest BCUT2D eigenvalue weighted by Crippen LogP contribution is 2.34. The maximum atomic E-state index is 12.9. The molecule has 0 saturated heterocycles. The maximum absolute atomic E-state index is 12.9. The second kappa shape index (κ2) is 6.33. The van der Waals surface area contributed by atoms with E-state index in [1.54, 1.807) is 36.4 Å². The summed E-state index contributed by atoms with van der Waals surface area (Å²) in [4.78, 5) is 24.9. The lowest BCUT2D eigenvalue weighted by Gasteiger charge is -2.19. The average Bonchev–Trinajstić information content (AvgIpc) is 2.66. The van der Waals surface area contributed by atoms with Gasteiger partial charge in [0.25, 0.3) is 5.91 Å². The van der Waals surface area contributed by atoms with Gasteiger partial charge in [0.15, 0.2) is 5.78 Å². The van der Waals surface area contributed by atoms with Crippen LogP contribution in [-0.2, 0) is 9.84 Å². The van der Waals surface area contributed by atoms with Gasteiger partial charge in [0, 0.05) is 27.4 Å². The molecule has 1 heterocycles. The van der Waals surface area contributed by atoms with E-state index < -0.39 is 15.7 Å². The minimum atomic E-state index is -3.89. The van der Waals surface area contributed by atoms with Crippen LogP contribution in [0.3, 0.4) is 0 Å². The summed E-state index contributed by atoms with van der Waals surface area (Å²) in [5.41, 5.74) is 0.813. The van der Waals surface area contributed by atoms with Crippen molar-refractivity contribution in [2.75, 3.05) is 5.32 Å². The predicted octanol–water partition coefficient (Wildman–Crippen LogP) is 3.97. The number of rotatable bonds is 2. The van der Waals surface area contributed by atoms with Gasteiger partial charge in [-0.3, -0.25) is 9.59 Å². The lowest BCUT2D eigenvalue weighted by Crippen LogP contribution is -2.21. The highest BCUT2D eigenvalue weighted by atomic mass is 35.5. The summed E-state index contributed by atoms with van der Waals surface area (Å²) in [5.74, 6) is -0.876. The summed E-state index contributed by atoms with van der Waals surface area (Å²) in [6, 6.07) is 16.7. The zero-order valence-electron chi connectivity index (χ0n) is 13.8. The molecule has 0 bridgehead atoms. The van der Waals surface area contributed by atoms with E-state index in [2.05, 4.69) is 5.32 Å². The number of hydrogen-bond acceptors (Lipinski definition) is 4. The van der Waals surface area contributed by atoms with Crippen LogP contribution in [0.15, 0.2) is 76.5 Å². The van der Waals surface area contributed by atoms with Crippen molar-refractivity contribution >= 4 is 38.8 Å². The average molecular weight is 398 g/mol. The first-order valence-electron chi connectivity index (χ1n) is 7.98. The smallest absolute Gasteiger partial charge is 0.255 e. The Bertz CT molecular complexity index is 1220. The first-order valence-corrected chi connectivity index (χ1v) is 9.84. The van der Waals surface area contributed by atoms with Gasteiger partial charge in [0.05, 0.1) is 9.79 Å². The number of benzene rings is 3. The minimum absolute atomic E-state index is 0.0464. The molecular formula is C20H12ClNO4S. The fourth-order valence-corrected chi connectivity index (χ4v) is 4.86. The molecule has 0 spiro atoms. The third-order valence-electron chi connectivity index (χ3n) is 4.28. The zero-order valence-corrected chi connectivity index (χ0v) is 15.3. The lowest BCUT2D eigenvalue weighted by molar-refractivity contribution is 0.101. The van der Waals surface area contributed by atoms with Crippen LogP contribution in [0, 0.1) is 0 Å². The van der Waals surface area contributed by atoms with Crippen LogP contribution in [0.1, 0.15) is 26.3 Å². The SMILES string of the molecule is O=C(Nc1cccc(Cl)c1)c1ccc2c(c1)S(=O)(=O)c1ccccc1C2=O. The Morgan fingerprint density at radius 1 is 0.852 bits per heavy atom. The number of amides is 1. The minimum Gasteiger partial charge on any atom is -0.322 e. The van der Waals surface area contributed by atoms with Crippen LogP contribution < -0.4 is 5.32 Å². The summed E-state index contributed by atoms with van der Waals surface area (Å²) < 4.78 is 25.8. The van der Waals surface area contributed by atoms with E-state index in [9.17, 15) is 18.0 Å². The number of anilines is 1. The number of hydrogen-bond donors (Lipinski definition) is 1. The van der Waals surface area contributed by atoms with Crippen molar-refractivity contribution in [3.05, 3.63) is 88.4 Å². The fourth-order valence-electron chi connectivity index (χ4n) is 3.00. The molecule has 0 radical (unpaired) electrons. The van der Waals surface area contributed by atoms with Gasteiger partial charge < -0.3 is 5.32 Å². The van der Waals surface area contributed by atoms with Gasteiger partial charge in [0.2, 0.25) is 9.84 Å². The van der Waals surface area contributed by atoms with Crippen molar-refractivity contribution in [3.8, 4) is 0 Å². The molecular weight excluding hydrogens is 386 g/mol. The monoisotopic (exact) mass is 397 g/mol. The number of halogens is 1. The second-order valence-electron chi connectivity index (χ2n) is 6.00. The molecule has 3 aromatic rings. The Morgan fingerprint density at radius 2 is 1.59 bits per heavy atom. The standard InChI is InChI=1S/C20H12ClNO4S/c21-13-4-3-5-14(11-13)22-20(24)12-8-9-16-18(10-12)27(25,26)17-7-2-1-6-15(17)19(16)23/h1-11H,(H,22,24). The number of fused-ring (bicyclic) bond motifs is 2. The Balaban J connectivity index is 1.77. The normalized spacial score (nSPS) is 14.2. The van der Waals surface area contributed by atoms with Crippen LogP contribution in [0.25, 0.3) is 0 Å². The van der Waals surface area contributed by atoms with E-state index in [1.807, 2.05) is 0 Å². The van der Waals surface area contributed by atoms with Gasteiger partial charge in [-0.25, -0.2) is 8.42 Å². The van der Waals surface area contributed by atoms with Gasteiger partial charge in [-0.05, 0) is 48.5 Å². The predicted molar refractivity (Wildman–Crippen MR) is 101 cm³/mol. The van der Waals surface area contributed by atoms with E-state index in [0.717, 1.165) is 0 Å². The summed E-state index contributed by atoms with van der Waals surface area (Å²) in [6.07, 6.45) is 0. The molecule has 134 valence electrons. The van der Waals surface area contributed by atoms with Crippen molar-refractivity contribution in [2.45, 2.75) is 9.79 Å². The molecule has 7 heteroatoms. The molecule has 0 fully saturated rings. The van der Waals surface area contributed by atoms with Crippen LogP contribution in [0.4, 0.5) is 5.69 Å². The molecule has 1 aliphatic heterocycles. The summed E-state index contributed by atoms with van der Waals surface area (Å²) in [5, 5.41) is 3.12. The molecule has 0 aromatic heterocycles. The van der Waals surface area contributed by atoms with Crippen LogP contribution in [0.2, 0.25) is 5.02 Å². The highest BCUT2D eigenvalue weighted by molar-refractivity contribution is 7.91. The molecule has 0 saturated carbocycles. The Morgan fingerprint density at radius 3 is 2.37 bits per heavy atom. The molecule has 0 aliphatic carbocycles. The van der Waals surface area contributed by atoms with Crippen LogP contribution in [0.5, 0.6) is 0 Å². The van der Waals surface area contributed by atoms with Gasteiger partial charge in [-0.1, -0.05) is 29.8 Å². The summed E-state index contributed by atoms with van der Waals surface area (Å²) >= 11 is 5.90. The van der Waals surface area contributed by atoms with E-state index in [-0.39, 0.29) is 32.3 Å². The van der Waals surface area contributed by atoms with E-state index >= 15 is 0 Å². The van der Waals surface area contributed by atoms with Crippen molar-refractivity contribution in [1.82, 2.24) is 0 Å². The van der Waals surface area contributed by atoms with Crippen molar-refractivity contribution in [2.24, 2.45) is 0 Å². The maximum Gasteiger partial charge on any atom is 0.255 e. The largest absolute Gasteiger partial charge is 0.322 e. The quantitative estimate of drug-likeness (QED) is 0.555. The second-order valence-corrected chi connectivity index (χ2v) is 8.33. The third-order valence-corrected chi connectivity index (χ3v) is 6.37. The lowest BCUT2D eigenvalue weighted by atomic mass is 10.0. The molecule has 27 heavy (non-hydrogen) atoms. The molecule has 1 amide bonds. The summed E-state index contributed by atoms with van der Waals surface area (Å²) in [7, 11) is -3.89. The first kappa shape index (κ1) is 17.5. The third kappa shape index (κ3) is 2.93. The Kier molecular flexibility index (Phi) is 4.09. The molecule has 1 aliphatic rings. The van der Waals surface area contributed by atoms with E-state index in [0.29, 0.717) is 10.7 Å². The molecule has 5 nitrogen and oxygen atoms in total. The van der Waals surface area contributed by atoms with Crippen molar-refractivity contribution in [3.63, 3.8) is 0 Å². The van der Waals surface area contributed by atoms with Crippen LogP contribution in [-0.4, -0.2) is 20.1 Å². The number of nitrogens with one attached hydrogen (secondary N) is 1. The molecule has 3 aromatic carbocycles. The van der Waals surface area contributed by atoms with E-state index in [1.165, 1.54) is 30.3 Å². The topological polar surface area (TPSA) is 80.3 Å². The van der Waals surface area contributed by atoms with Gasteiger partial charge in [-0.2, -0.15) is 0 Å². The first-order chi connectivity index (χ1) is 12.9. The summed E-state index contributed by atoms with van der Waals surface area (Å²) in [6.45, 7) is 0. The van der Waals surface area contributed by atoms with Crippen LogP contribution >= 0.6 is 11.6 Å². The van der Waals surface area contributed by atoms with Crippen molar-refractivity contribution < 1.29 is 18.0 Å². The van der Waals surface area contributed by atoms with E-state index in [4.69, 9.17) is 11.6 Å². The Labute approximate surface area is 160 Å². The molecule has 1 N–H and O–H groups in total. The molecule has 4 rings (SSSR count). The van der Waals surface area contributed by atoms with Gasteiger partial charge >= 0.3 is 0 Å².